The molecule has 72 valence electrons. The van der Waals surface area contributed by atoms with Crippen LogP contribution < -0.4 is 0 Å². The van der Waals surface area contributed by atoms with Crippen molar-refractivity contribution in [2.45, 2.75) is 26.7 Å². The van der Waals surface area contributed by atoms with Gasteiger partial charge in [-0.15, -0.1) is 0 Å². The Hall–Kier alpha value is -1.37. The fourth-order valence-corrected chi connectivity index (χ4v) is 1.58. The van der Waals surface area contributed by atoms with E-state index in [-0.39, 0.29) is 0 Å². The number of benzene rings is 1. The molecule has 0 unspecified atom stereocenters. The van der Waals surface area contributed by atoms with Gasteiger partial charge in [-0.2, -0.15) is 0 Å². The lowest BCUT2D eigenvalue weighted by Gasteiger charge is -2.05. The Morgan fingerprint density at radius 2 is 1.86 bits per heavy atom. The zero-order chi connectivity index (χ0) is 10.1. The largest absolute Gasteiger partial charge is 0.253 e. The van der Waals surface area contributed by atoms with E-state index in [1.807, 2.05) is 0 Å². The molecule has 2 rings (SSSR count). The second-order valence-electron chi connectivity index (χ2n) is 4.09. The summed E-state index contributed by atoms with van der Waals surface area (Å²) >= 11 is 0. The van der Waals surface area contributed by atoms with Gasteiger partial charge in [-0.25, -0.2) is 0 Å². The van der Waals surface area contributed by atoms with Crippen LogP contribution in [-0.2, 0) is 0 Å². The van der Waals surface area contributed by atoms with Crippen molar-refractivity contribution in [3.05, 3.63) is 41.6 Å². The molecule has 1 nitrogen and oxygen atoms in total. The van der Waals surface area contributed by atoms with E-state index in [4.69, 9.17) is 0 Å². The Balaban J connectivity index is 2.62. The lowest BCUT2D eigenvalue weighted by molar-refractivity contribution is 0.830. The maximum Gasteiger partial charge on any atom is 0.0705 e. The van der Waals surface area contributed by atoms with Crippen molar-refractivity contribution < 1.29 is 0 Å². The molecule has 0 saturated heterocycles. The normalized spacial score (nSPS) is 11.1. The van der Waals surface area contributed by atoms with E-state index in [0.717, 1.165) is 5.52 Å². The number of nitrogens with zero attached hydrogens (tertiary/aromatic N) is 1. The number of hydrogen-bond donors (Lipinski definition) is 0. The van der Waals surface area contributed by atoms with E-state index in [1.165, 1.54) is 16.6 Å². The minimum absolute atomic E-state index is 0.501. The van der Waals surface area contributed by atoms with Gasteiger partial charge in [0.15, 0.2) is 0 Å². The quantitative estimate of drug-likeness (QED) is 0.660. The number of rotatable bonds is 1. The third-order valence-electron chi connectivity index (χ3n) is 2.46. The number of aryl methyl sites for hydroxylation is 1. The van der Waals surface area contributed by atoms with Gasteiger partial charge in [0, 0.05) is 11.1 Å². The van der Waals surface area contributed by atoms with Crippen molar-refractivity contribution in [1.29, 1.82) is 0 Å². The Labute approximate surface area is 84.8 Å². The molecule has 0 aliphatic heterocycles. The fraction of sp³-hybridized carbons (Fsp3) is 0.308. The van der Waals surface area contributed by atoms with E-state index < -0.39 is 0 Å². The molecule has 0 saturated carbocycles. The van der Waals surface area contributed by atoms with Crippen LogP contribution in [0, 0.1) is 6.92 Å². The van der Waals surface area contributed by atoms with Crippen LogP contribution in [0.25, 0.3) is 10.9 Å². The van der Waals surface area contributed by atoms with Gasteiger partial charge in [0.05, 0.1) is 5.52 Å². The summed E-state index contributed by atoms with van der Waals surface area (Å²) in [6, 6.07) is 10.7. The average molecular weight is 185 g/mol. The molecule has 0 aliphatic rings. The average Bonchev–Trinajstić information content (AvgIpc) is 2.16. The first-order valence-electron chi connectivity index (χ1n) is 5.04. The number of pyridine rings is 1. The van der Waals surface area contributed by atoms with E-state index in [0.29, 0.717) is 5.92 Å². The zero-order valence-electron chi connectivity index (χ0n) is 8.91. The van der Waals surface area contributed by atoms with Crippen LogP contribution in [0.3, 0.4) is 0 Å². The van der Waals surface area contributed by atoms with Crippen LogP contribution in [0.4, 0.5) is 0 Å². The number of aromatic nitrogens is 1. The van der Waals surface area contributed by atoms with Crippen LogP contribution in [-0.4, -0.2) is 4.98 Å². The summed E-state index contributed by atoms with van der Waals surface area (Å²) < 4.78 is 0. The van der Waals surface area contributed by atoms with Crippen molar-refractivity contribution in [3.8, 4) is 0 Å². The lowest BCUT2D eigenvalue weighted by Crippen LogP contribution is -1.92. The van der Waals surface area contributed by atoms with Crippen molar-refractivity contribution in [1.82, 2.24) is 4.98 Å². The summed E-state index contributed by atoms with van der Waals surface area (Å²) in [6.45, 7) is 6.44. The van der Waals surface area contributed by atoms with Crippen LogP contribution in [0.2, 0.25) is 0 Å². The summed E-state index contributed by atoms with van der Waals surface area (Å²) in [4.78, 5) is 4.62. The molecule has 1 heteroatoms. The van der Waals surface area contributed by atoms with Crippen LogP contribution >= 0.6 is 0 Å². The molecular weight excluding hydrogens is 170 g/mol. The molecular formula is C13H15N. The molecule has 1 aromatic carbocycles. The fourth-order valence-electron chi connectivity index (χ4n) is 1.58. The molecule has 0 bridgehead atoms. The van der Waals surface area contributed by atoms with Crippen LogP contribution in [0.1, 0.15) is 31.0 Å². The predicted octanol–water partition coefficient (Wildman–Crippen LogP) is 3.67. The maximum atomic E-state index is 4.62. The minimum Gasteiger partial charge on any atom is -0.253 e. The number of hydrogen-bond acceptors (Lipinski definition) is 1. The standard InChI is InChI=1S/C13H15N/c1-9(2)12-7-5-11-8-10(3)4-6-13(11)14-12/h4-9H,1-3H3. The third kappa shape index (κ3) is 1.63. The van der Waals surface area contributed by atoms with Crippen molar-refractivity contribution in [2.24, 2.45) is 0 Å². The van der Waals surface area contributed by atoms with E-state index in [9.17, 15) is 0 Å². The summed E-state index contributed by atoms with van der Waals surface area (Å²) in [6.07, 6.45) is 0. The van der Waals surface area contributed by atoms with Crippen LogP contribution in [0.15, 0.2) is 30.3 Å². The molecule has 0 spiro atoms. The predicted molar refractivity (Wildman–Crippen MR) is 60.6 cm³/mol. The third-order valence-corrected chi connectivity index (χ3v) is 2.46. The summed E-state index contributed by atoms with van der Waals surface area (Å²) in [5.74, 6) is 0.501. The van der Waals surface area contributed by atoms with E-state index in [2.05, 4.69) is 56.1 Å². The first kappa shape index (κ1) is 9.20. The van der Waals surface area contributed by atoms with Gasteiger partial charge >= 0.3 is 0 Å². The van der Waals surface area contributed by atoms with Gasteiger partial charge in [-0.1, -0.05) is 31.5 Å². The molecule has 0 atom stereocenters. The van der Waals surface area contributed by atoms with Gasteiger partial charge in [0.2, 0.25) is 0 Å². The van der Waals surface area contributed by atoms with Gasteiger partial charge in [-0.05, 0) is 31.0 Å². The summed E-state index contributed by atoms with van der Waals surface area (Å²) in [7, 11) is 0. The minimum atomic E-state index is 0.501. The van der Waals surface area contributed by atoms with Gasteiger partial charge in [0.25, 0.3) is 0 Å². The highest BCUT2D eigenvalue weighted by atomic mass is 14.7. The highest BCUT2D eigenvalue weighted by Gasteiger charge is 2.01. The highest BCUT2D eigenvalue weighted by Crippen LogP contribution is 2.18. The van der Waals surface area contributed by atoms with E-state index in [1.54, 1.807) is 0 Å². The molecule has 0 radical (unpaired) electrons. The topological polar surface area (TPSA) is 12.9 Å². The molecule has 1 heterocycles. The first-order valence-corrected chi connectivity index (χ1v) is 5.04. The molecule has 14 heavy (non-hydrogen) atoms. The zero-order valence-corrected chi connectivity index (χ0v) is 8.91. The Bertz CT molecular complexity index is 458. The monoisotopic (exact) mass is 185 g/mol. The first-order chi connectivity index (χ1) is 6.66. The molecule has 1 aromatic heterocycles. The summed E-state index contributed by atoms with van der Waals surface area (Å²) in [5, 5.41) is 1.23. The van der Waals surface area contributed by atoms with Crippen LogP contribution in [0.5, 0.6) is 0 Å². The molecule has 0 amide bonds. The second-order valence-corrected chi connectivity index (χ2v) is 4.09. The molecule has 0 fully saturated rings. The Morgan fingerprint density at radius 3 is 2.57 bits per heavy atom. The second kappa shape index (κ2) is 3.41. The smallest absolute Gasteiger partial charge is 0.0705 e. The van der Waals surface area contributed by atoms with E-state index >= 15 is 0 Å². The maximum absolute atomic E-state index is 4.62. The van der Waals surface area contributed by atoms with Crippen molar-refractivity contribution in [3.63, 3.8) is 0 Å². The van der Waals surface area contributed by atoms with Crippen molar-refractivity contribution >= 4 is 10.9 Å². The van der Waals surface area contributed by atoms with Gasteiger partial charge in [-0.3, -0.25) is 4.98 Å². The van der Waals surface area contributed by atoms with Gasteiger partial charge in [0.1, 0.15) is 0 Å². The molecule has 0 aliphatic carbocycles. The molecule has 2 aromatic rings. The highest BCUT2D eigenvalue weighted by molar-refractivity contribution is 5.79. The molecule has 0 N–H and O–H groups in total. The number of fused-ring (bicyclic) bond motifs is 1. The van der Waals surface area contributed by atoms with Gasteiger partial charge < -0.3 is 0 Å². The lowest BCUT2D eigenvalue weighted by atomic mass is 10.1. The Kier molecular flexibility index (Phi) is 2.24. The summed E-state index contributed by atoms with van der Waals surface area (Å²) in [5.41, 5.74) is 3.56. The SMILES string of the molecule is Cc1ccc2nc(C(C)C)ccc2c1. The Morgan fingerprint density at radius 1 is 1.07 bits per heavy atom. The van der Waals surface area contributed by atoms with Crippen molar-refractivity contribution in [2.75, 3.05) is 0 Å².